The van der Waals surface area contributed by atoms with Crippen LogP contribution in [0.2, 0.25) is 0 Å². The first kappa shape index (κ1) is 13.8. The molecule has 0 bridgehead atoms. The summed E-state index contributed by atoms with van der Waals surface area (Å²) in [6.45, 7) is 8.07. The van der Waals surface area contributed by atoms with Crippen molar-refractivity contribution in [3.8, 4) is 0 Å². The van der Waals surface area contributed by atoms with Gasteiger partial charge in [-0.3, -0.25) is 4.79 Å². The molecule has 2 fully saturated rings. The second kappa shape index (κ2) is 4.20. The van der Waals surface area contributed by atoms with Crippen LogP contribution in [0.25, 0.3) is 0 Å². The number of carbonyl (C=O) groups excluding carboxylic acids is 1. The molecule has 0 aromatic heterocycles. The number of hydrogen-bond donors (Lipinski definition) is 1. The maximum Gasteiger partial charge on any atom is 0.241 e. The van der Waals surface area contributed by atoms with E-state index >= 15 is 0 Å². The van der Waals surface area contributed by atoms with Crippen LogP contribution in [0.3, 0.4) is 0 Å². The topological polar surface area (TPSA) is 66.5 Å². The van der Waals surface area contributed by atoms with Gasteiger partial charge in [0.1, 0.15) is 5.25 Å². The second-order valence-corrected chi connectivity index (χ2v) is 8.47. The third-order valence-corrected chi connectivity index (χ3v) is 6.10. The van der Waals surface area contributed by atoms with Crippen molar-refractivity contribution in [1.29, 1.82) is 0 Å². The molecule has 3 unspecified atom stereocenters. The minimum absolute atomic E-state index is 0.253. The third kappa shape index (κ3) is 2.05. The monoisotopic (exact) mass is 274 g/mol. The average Bonchev–Trinajstić information content (AvgIpc) is 2.78. The summed E-state index contributed by atoms with van der Waals surface area (Å²) in [4.78, 5) is 14.1. The zero-order valence-electron chi connectivity index (χ0n) is 11.4. The molecule has 0 aromatic rings. The summed E-state index contributed by atoms with van der Waals surface area (Å²) in [5, 5.41) is 2.40. The Bertz CT molecular complexity index is 458. The summed E-state index contributed by atoms with van der Waals surface area (Å²) in [7, 11) is -3.32. The van der Waals surface area contributed by atoms with Crippen molar-refractivity contribution >= 4 is 15.7 Å². The molecule has 1 amide bonds. The summed E-state index contributed by atoms with van der Waals surface area (Å²) >= 11 is 0. The molecule has 2 aliphatic rings. The zero-order valence-corrected chi connectivity index (χ0v) is 12.3. The molecule has 2 aliphatic heterocycles. The number of nitrogens with one attached hydrogen (secondary N) is 1. The molecule has 2 heterocycles. The molecule has 2 saturated heterocycles. The standard InChI is InChI=1S/C12H22N2O3S/c1-8(18(4,16)17)11(15)14-7-9-5-13-6-10(9)12(14,2)3/h8-10,13H,5-7H2,1-4H3. The molecular formula is C12H22N2O3S. The number of hydrogen-bond acceptors (Lipinski definition) is 4. The van der Waals surface area contributed by atoms with Gasteiger partial charge in [-0.1, -0.05) is 0 Å². The molecule has 2 rings (SSSR count). The van der Waals surface area contributed by atoms with E-state index in [2.05, 4.69) is 5.32 Å². The van der Waals surface area contributed by atoms with Crippen molar-refractivity contribution in [1.82, 2.24) is 10.2 Å². The molecule has 0 spiro atoms. The Balaban J connectivity index is 2.23. The molecule has 0 aromatic carbocycles. The first-order valence-corrected chi connectivity index (χ1v) is 8.32. The Morgan fingerprint density at radius 3 is 2.50 bits per heavy atom. The van der Waals surface area contributed by atoms with E-state index in [0.717, 1.165) is 19.3 Å². The Morgan fingerprint density at radius 1 is 1.39 bits per heavy atom. The number of nitrogens with zero attached hydrogens (tertiary/aromatic N) is 1. The molecule has 0 radical (unpaired) electrons. The number of likely N-dealkylation sites (tertiary alicyclic amines) is 1. The van der Waals surface area contributed by atoms with E-state index in [1.54, 1.807) is 4.90 Å². The van der Waals surface area contributed by atoms with Crippen LogP contribution in [0.1, 0.15) is 20.8 Å². The fraction of sp³-hybridized carbons (Fsp3) is 0.917. The van der Waals surface area contributed by atoms with E-state index in [4.69, 9.17) is 0 Å². The van der Waals surface area contributed by atoms with Crippen molar-refractivity contribution in [3.63, 3.8) is 0 Å². The quantitative estimate of drug-likeness (QED) is 0.762. The third-order valence-electron chi connectivity index (χ3n) is 4.62. The molecule has 1 N–H and O–H groups in total. The Morgan fingerprint density at radius 2 is 2.00 bits per heavy atom. The first-order valence-electron chi connectivity index (χ1n) is 6.36. The highest BCUT2D eigenvalue weighted by Gasteiger charge is 2.52. The summed E-state index contributed by atoms with van der Waals surface area (Å²) in [6, 6.07) is 0. The summed E-state index contributed by atoms with van der Waals surface area (Å²) in [5.41, 5.74) is -0.260. The molecule has 0 saturated carbocycles. The maximum atomic E-state index is 12.4. The number of sulfone groups is 1. The van der Waals surface area contributed by atoms with Crippen molar-refractivity contribution in [2.45, 2.75) is 31.6 Å². The lowest BCUT2D eigenvalue weighted by molar-refractivity contribution is -0.134. The van der Waals surface area contributed by atoms with Crippen LogP contribution in [0.4, 0.5) is 0 Å². The molecule has 104 valence electrons. The van der Waals surface area contributed by atoms with E-state index in [9.17, 15) is 13.2 Å². The lowest BCUT2D eigenvalue weighted by atomic mass is 9.85. The van der Waals surface area contributed by atoms with E-state index < -0.39 is 15.1 Å². The van der Waals surface area contributed by atoms with Crippen molar-refractivity contribution < 1.29 is 13.2 Å². The van der Waals surface area contributed by atoms with Gasteiger partial charge in [-0.25, -0.2) is 8.42 Å². The lowest BCUT2D eigenvalue weighted by Crippen LogP contribution is -2.51. The normalized spacial score (nSPS) is 32.3. The van der Waals surface area contributed by atoms with Crippen molar-refractivity contribution in [3.05, 3.63) is 0 Å². The van der Waals surface area contributed by atoms with Crippen LogP contribution in [0.5, 0.6) is 0 Å². The van der Waals surface area contributed by atoms with Gasteiger partial charge in [0.2, 0.25) is 5.91 Å². The van der Waals surface area contributed by atoms with Gasteiger partial charge in [-0.05, 0) is 32.6 Å². The van der Waals surface area contributed by atoms with Crippen LogP contribution < -0.4 is 5.32 Å². The van der Waals surface area contributed by atoms with Crippen LogP contribution in [0, 0.1) is 11.8 Å². The summed E-state index contributed by atoms with van der Waals surface area (Å²) in [5.74, 6) is 0.626. The summed E-state index contributed by atoms with van der Waals surface area (Å²) < 4.78 is 23.1. The highest BCUT2D eigenvalue weighted by molar-refractivity contribution is 7.92. The zero-order chi connectivity index (χ0) is 13.7. The highest BCUT2D eigenvalue weighted by atomic mass is 32.2. The molecule has 3 atom stereocenters. The van der Waals surface area contributed by atoms with Crippen LogP contribution in [-0.2, 0) is 14.6 Å². The molecule has 6 heteroatoms. The van der Waals surface area contributed by atoms with E-state index in [-0.39, 0.29) is 11.4 Å². The minimum Gasteiger partial charge on any atom is -0.336 e. The summed E-state index contributed by atoms with van der Waals surface area (Å²) in [6.07, 6.45) is 1.13. The van der Waals surface area contributed by atoms with Gasteiger partial charge in [0.15, 0.2) is 9.84 Å². The van der Waals surface area contributed by atoms with Crippen molar-refractivity contribution in [2.24, 2.45) is 11.8 Å². The van der Waals surface area contributed by atoms with Gasteiger partial charge in [0.25, 0.3) is 0 Å². The number of fused-ring (bicyclic) bond motifs is 1. The Kier molecular flexibility index (Phi) is 3.22. The van der Waals surface area contributed by atoms with E-state index in [1.807, 2.05) is 13.8 Å². The van der Waals surface area contributed by atoms with Gasteiger partial charge in [0.05, 0.1) is 0 Å². The van der Waals surface area contributed by atoms with Crippen LogP contribution in [-0.4, -0.2) is 55.9 Å². The fourth-order valence-corrected chi connectivity index (χ4v) is 3.69. The second-order valence-electron chi connectivity index (χ2n) is 6.10. The van der Waals surface area contributed by atoms with E-state index in [1.165, 1.54) is 6.92 Å². The predicted octanol–water partition coefficient (Wildman–Crippen LogP) is -0.124. The largest absolute Gasteiger partial charge is 0.336 e. The maximum absolute atomic E-state index is 12.4. The molecule has 18 heavy (non-hydrogen) atoms. The van der Waals surface area contributed by atoms with Gasteiger partial charge in [-0.2, -0.15) is 0 Å². The lowest BCUT2D eigenvalue weighted by Gasteiger charge is -2.36. The average molecular weight is 274 g/mol. The van der Waals surface area contributed by atoms with Gasteiger partial charge >= 0.3 is 0 Å². The smallest absolute Gasteiger partial charge is 0.241 e. The SMILES string of the molecule is CC(C(=O)N1CC2CNCC2C1(C)C)S(C)(=O)=O. The number of carbonyl (C=O) groups is 1. The van der Waals surface area contributed by atoms with Gasteiger partial charge in [-0.15, -0.1) is 0 Å². The van der Waals surface area contributed by atoms with Crippen molar-refractivity contribution in [2.75, 3.05) is 25.9 Å². The molecule has 0 aliphatic carbocycles. The molecular weight excluding hydrogens is 252 g/mol. The number of amides is 1. The minimum atomic E-state index is -3.32. The van der Waals surface area contributed by atoms with Crippen LogP contribution >= 0.6 is 0 Å². The predicted molar refractivity (Wildman–Crippen MR) is 69.9 cm³/mol. The Labute approximate surface area is 109 Å². The Hall–Kier alpha value is -0.620. The van der Waals surface area contributed by atoms with E-state index in [0.29, 0.717) is 18.4 Å². The molecule has 5 nitrogen and oxygen atoms in total. The van der Waals surface area contributed by atoms with Gasteiger partial charge < -0.3 is 10.2 Å². The van der Waals surface area contributed by atoms with Gasteiger partial charge in [0, 0.05) is 31.4 Å². The van der Waals surface area contributed by atoms with Crippen LogP contribution in [0.15, 0.2) is 0 Å². The first-order chi connectivity index (χ1) is 8.15. The number of rotatable bonds is 2. The fourth-order valence-electron chi connectivity index (χ4n) is 3.20. The highest BCUT2D eigenvalue weighted by Crippen LogP contribution is 2.41.